The molecule has 0 spiro atoms. The first-order chi connectivity index (χ1) is 9.63. The normalized spacial score (nSPS) is 9.80. The summed E-state index contributed by atoms with van der Waals surface area (Å²) in [6.45, 7) is 0.506. The smallest absolute Gasteiger partial charge is 0.335 e. The van der Waals surface area contributed by atoms with Gasteiger partial charge in [0.1, 0.15) is 16.7 Å². The second-order valence-corrected chi connectivity index (χ2v) is 5.12. The number of thiophene rings is 1. The lowest BCUT2D eigenvalue weighted by molar-refractivity contribution is 0.0697. The number of nitrogens with one attached hydrogen (secondary N) is 1. The summed E-state index contributed by atoms with van der Waals surface area (Å²) in [6, 6.07) is 10.3. The number of benzene rings is 1. The molecular formula is C14H12N2O3S. The van der Waals surface area contributed by atoms with Gasteiger partial charge in [0, 0.05) is 11.4 Å². The average Bonchev–Trinajstić information content (AvgIpc) is 2.92. The first kappa shape index (κ1) is 13.9. The van der Waals surface area contributed by atoms with Crippen LogP contribution in [0, 0.1) is 11.3 Å². The van der Waals surface area contributed by atoms with Crippen LogP contribution in [0.4, 0.5) is 5.69 Å². The number of rotatable bonds is 5. The first-order valence-electron chi connectivity index (χ1n) is 5.78. The van der Waals surface area contributed by atoms with Gasteiger partial charge in [-0.1, -0.05) is 0 Å². The van der Waals surface area contributed by atoms with Gasteiger partial charge in [0.2, 0.25) is 0 Å². The second-order valence-electron chi connectivity index (χ2n) is 3.95. The summed E-state index contributed by atoms with van der Waals surface area (Å²) in [4.78, 5) is 12.6. The molecule has 6 heteroatoms. The summed E-state index contributed by atoms with van der Waals surface area (Å²) >= 11 is 1.40. The molecule has 0 radical (unpaired) electrons. The molecule has 2 rings (SSSR count). The van der Waals surface area contributed by atoms with E-state index in [1.54, 1.807) is 12.1 Å². The van der Waals surface area contributed by atoms with E-state index in [0.717, 1.165) is 4.88 Å². The molecule has 0 atom stereocenters. The Hall–Kier alpha value is -2.52. The topological polar surface area (TPSA) is 82.3 Å². The lowest BCUT2D eigenvalue weighted by Gasteiger charge is -2.11. The van der Waals surface area contributed by atoms with Crippen LogP contribution in [0.2, 0.25) is 0 Å². The van der Waals surface area contributed by atoms with Crippen LogP contribution < -0.4 is 10.1 Å². The standard InChI is InChI=1S/C14H12N2O3S/c1-19-13-5-2-9(14(17)18)6-12(13)16-8-11-4-3-10(7-15)20-11/h2-6,16H,8H2,1H3,(H,17,18). The molecular weight excluding hydrogens is 276 g/mol. The molecule has 0 saturated carbocycles. The predicted octanol–water partition coefficient (Wildman–Crippen LogP) is 2.94. The Kier molecular flexibility index (Phi) is 4.23. The third kappa shape index (κ3) is 3.08. The molecule has 1 heterocycles. The number of aromatic carboxylic acids is 1. The third-order valence-corrected chi connectivity index (χ3v) is 3.66. The van der Waals surface area contributed by atoms with Gasteiger partial charge < -0.3 is 15.2 Å². The van der Waals surface area contributed by atoms with E-state index in [2.05, 4.69) is 11.4 Å². The number of carbonyl (C=O) groups is 1. The fraction of sp³-hybridized carbons (Fsp3) is 0.143. The van der Waals surface area contributed by atoms with E-state index in [1.807, 2.05) is 6.07 Å². The molecule has 1 aromatic carbocycles. The summed E-state index contributed by atoms with van der Waals surface area (Å²) in [6.07, 6.45) is 0. The second kappa shape index (κ2) is 6.08. The third-order valence-electron chi connectivity index (χ3n) is 2.67. The van der Waals surface area contributed by atoms with Crippen molar-refractivity contribution < 1.29 is 14.6 Å². The molecule has 102 valence electrons. The molecule has 0 saturated heterocycles. The van der Waals surface area contributed by atoms with Crippen LogP contribution >= 0.6 is 11.3 Å². The molecule has 0 aliphatic rings. The van der Waals surface area contributed by atoms with Crippen LogP contribution in [-0.2, 0) is 6.54 Å². The van der Waals surface area contributed by atoms with E-state index in [-0.39, 0.29) is 5.56 Å². The van der Waals surface area contributed by atoms with Crippen LogP contribution in [0.5, 0.6) is 5.75 Å². The molecule has 0 unspecified atom stereocenters. The molecule has 0 fully saturated rings. The Balaban J connectivity index is 2.17. The molecule has 1 aromatic heterocycles. The number of hydrogen-bond acceptors (Lipinski definition) is 5. The van der Waals surface area contributed by atoms with Crippen LogP contribution in [0.25, 0.3) is 0 Å². The molecule has 0 amide bonds. The zero-order valence-electron chi connectivity index (χ0n) is 10.7. The lowest BCUT2D eigenvalue weighted by Crippen LogP contribution is -2.03. The molecule has 0 bridgehead atoms. The van der Waals surface area contributed by atoms with Crippen LogP contribution in [0.15, 0.2) is 30.3 Å². The number of hydrogen-bond donors (Lipinski definition) is 2. The number of carboxylic acid groups (broad SMARTS) is 1. The van der Waals surface area contributed by atoms with Gasteiger partial charge in [-0.05, 0) is 30.3 Å². The monoisotopic (exact) mass is 288 g/mol. The van der Waals surface area contributed by atoms with Crippen molar-refractivity contribution in [2.75, 3.05) is 12.4 Å². The SMILES string of the molecule is COc1ccc(C(=O)O)cc1NCc1ccc(C#N)s1. The minimum absolute atomic E-state index is 0.192. The maximum atomic E-state index is 11.0. The van der Waals surface area contributed by atoms with Crippen molar-refractivity contribution in [1.82, 2.24) is 0 Å². The summed E-state index contributed by atoms with van der Waals surface area (Å²) in [5.41, 5.74) is 0.802. The maximum Gasteiger partial charge on any atom is 0.335 e. The van der Waals surface area contributed by atoms with Gasteiger partial charge >= 0.3 is 5.97 Å². The van der Waals surface area contributed by atoms with E-state index in [9.17, 15) is 4.79 Å². The quantitative estimate of drug-likeness (QED) is 0.884. The highest BCUT2D eigenvalue weighted by molar-refractivity contribution is 7.12. The lowest BCUT2D eigenvalue weighted by atomic mass is 10.2. The maximum absolute atomic E-state index is 11.0. The summed E-state index contributed by atoms with van der Waals surface area (Å²) in [5, 5.41) is 20.9. The summed E-state index contributed by atoms with van der Waals surface area (Å²) in [7, 11) is 1.53. The fourth-order valence-corrected chi connectivity index (χ4v) is 2.44. The number of ether oxygens (including phenoxy) is 1. The van der Waals surface area contributed by atoms with E-state index in [4.69, 9.17) is 15.1 Å². The van der Waals surface area contributed by atoms with Gasteiger partial charge in [-0.15, -0.1) is 11.3 Å². The minimum Gasteiger partial charge on any atom is -0.495 e. The van der Waals surface area contributed by atoms with Crippen molar-refractivity contribution in [1.29, 1.82) is 5.26 Å². The van der Waals surface area contributed by atoms with Crippen molar-refractivity contribution in [3.8, 4) is 11.8 Å². The Labute approximate surface area is 120 Å². The predicted molar refractivity (Wildman–Crippen MR) is 76.3 cm³/mol. The Morgan fingerprint density at radius 2 is 2.25 bits per heavy atom. The Morgan fingerprint density at radius 1 is 1.45 bits per heavy atom. The molecule has 20 heavy (non-hydrogen) atoms. The van der Waals surface area contributed by atoms with E-state index >= 15 is 0 Å². The number of methoxy groups -OCH3 is 1. The molecule has 0 aliphatic heterocycles. The fourth-order valence-electron chi connectivity index (χ4n) is 1.69. The highest BCUT2D eigenvalue weighted by atomic mass is 32.1. The Morgan fingerprint density at radius 3 is 2.85 bits per heavy atom. The largest absolute Gasteiger partial charge is 0.495 e. The van der Waals surface area contributed by atoms with Crippen LogP contribution in [0.3, 0.4) is 0 Å². The molecule has 2 aromatic rings. The van der Waals surface area contributed by atoms with Crippen LogP contribution in [0.1, 0.15) is 20.1 Å². The summed E-state index contributed by atoms with van der Waals surface area (Å²) < 4.78 is 5.19. The van der Waals surface area contributed by atoms with Crippen molar-refractivity contribution in [3.05, 3.63) is 45.6 Å². The highest BCUT2D eigenvalue weighted by Crippen LogP contribution is 2.27. The van der Waals surface area contributed by atoms with Crippen molar-refractivity contribution in [3.63, 3.8) is 0 Å². The molecule has 5 nitrogen and oxygen atoms in total. The van der Waals surface area contributed by atoms with Gasteiger partial charge in [-0.25, -0.2) is 4.79 Å². The molecule has 0 aliphatic carbocycles. The number of nitrogens with zero attached hydrogens (tertiary/aromatic N) is 1. The van der Waals surface area contributed by atoms with Gasteiger partial charge in [0.25, 0.3) is 0 Å². The Bertz CT molecular complexity index is 673. The average molecular weight is 288 g/mol. The number of nitriles is 1. The number of anilines is 1. The number of carboxylic acids is 1. The van der Waals surface area contributed by atoms with Crippen molar-refractivity contribution in [2.45, 2.75) is 6.54 Å². The van der Waals surface area contributed by atoms with Crippen LogP contribution in [-0.4, -0.2) is 18.2 Å². The highest BCUT2D eigenvalue weighted by Gasteiger charge is 2.09. The van der Waals surface area contributed by atoms with Crippen molar-refractivity contribution >= 4 is 23.0 Å². The zero-order valence-corrected chi connectivity index (χ0v) is 11.5. The van der Waals surface area contributed by atoms with E-state index in [1.165, 1.54) is 30.6 Å². The van der Waals surface area contributed by atoms with Gasteiger partial charge in [0.15, 0.2) is 0 Å². The van der Waals surface area contributed by atoms with Gasteiger partial charge in [0.05, 0.1) is 18.4 Å². The van der Waals surface area contributed by atoms with E-state index in [0.29, 0.717) is 22.9 Å². The first-order valence-corrected chi connectivity index (χ1v) is 6.59. The van der Waals surface area contributed by atoms with E-state index < -0.39 is 5.97 Å². The zero-order chi connectivity index (χ0) is 14.5. The minimum atomic E-state index is -0.987. The van der Waals surface area contributed by atoms with Crippen molar-refractivity contribution in [2.24, 2.45) is 0 Å². The summed E-state index contributed by atoms with van der Waals surface area (Å²) in [5.74, 6) is -0.411. The molecule has 2 N–H and O–H groups in total. The van der Waals surface area contributed by atoms with Gasteiger partial charge in [-0.3, -0.25) is 0 Å². The van der Waals surface area contributed by atoms with Gasteiger partial charge in [-0.2, -0.15) is 5.26 Å².